The maximum Gasteiger partial charge on any atom is 0.236 e. The van der Waals surface area contributed by atoms with E-state index in [0.717, 1.165) is 0 Å². The van der Waals surface area contributed by atoms with E-state index in [9.17, 15) is 4.79 Å². The van der Waals surface area contributed by atoms with Crippen molar-refractivity contribution >= 4 is 23.5 Å². The van der Waals surface area contributed by atoms with Gasteiger partial charge in [0.2, 0.25) is 11.9 Å². The zero-order valence-electron chi connectivity index (χ0n) is 6.12. The van der Waals surface area contributed by atoms with E-state index in [1.54, 1.807) is 0 Å². The van der Waals surface area contributed by atoms with E-state index in [1.807, 2.05) is 0 Å². The first kappa shape index (κ1) is 8.73. The van der Waals surface area contributed by atoms with Crippen molar-refractivity contribution < 1.29 is 4.79 Å². The molecule has 5 nitrogen and oxygen atoms in total. The largest absolute Gasteiger partial charge is 0.368 e. The SMILES string of the molecule is NC(=O)CNc1ncc(Cl)cn1. The van der Waals surface area contributed by atoms with Gasteiger partial charge in [0.05, 0.1) is 24.0 Å². The number of carbonyl (C=O) groups excluding carboxylic acids is 1. The lowest BCUT2D eigenvalue weighted by molar-refractivity contribution is -0.116. The Morgan fingerprint density at radius 2 is 2.17 bits per heavy atom. The second-order valence-corrected chi connectivity index (χ2v) is 2.48. The Kier molecular flexibility index (Phi) is 2.82. The quantitative estimate of drug-likeness (QED) is 0.698. The van der Waals surface area contributed by atoms with Crippen LogP contribution in [0, 0.1) is 0 Å². The van der Waals surface area contributed by atoms with E-state index in [1.165, 1.54) is 12.4 Å². The number of aromatic nitrogens is 2. The third-order valence-corrected chi connectivity index (χ3v) is 1.24. The lowest BCUT2D eigenvalue weighted by Crippen LogP contribution is -2.22. The van der Waals surface area contributed by atoms with Crippen LogP contribution in [0.5, 0.6) is 0 Å². The van der Waals surface area contributed by atoms with Crippen LogP contribution in [0.4, 0.5) is 5.95 Å². The van der Waals surface area contributed by atoms with Crippen LogP contribution in [0.1, 0.15) is 0 Å². The molecule has 1 aromatic rings. The van der Waals surface area contributed by atoms with Gasteiger partial charge in [0.25, 0.3) is 0 Å². The minimum absolute atomic E-state index is 0.0155. The molecule has 64 valence electrons. The fourth-order valence-corrected chi connectivity index (χ4v) is 0.667. The van der Waals surface area contributed by atoms with Gasteiger partial charge in [-0.05, 0) is 0 Å². The molecular weight excluding hydrogens is 180 g/mol. The van der Waals surface area contributed by atoms with Crippen molar-refractivity contribution in [3.63, 3.8) is 0 Å². The number of amides is 1. The molecule has 1 rings (SSSR count). The summed E-state index contributed by atoms with van der Waals surface area (Å²) >= 11 is 5.53. The maximum atomic E-state index is 10.3. The van der Waals surface area contributed by atoms with Crippen molar-refractivity contribution in [1.29, 1.82) is 0 Å². The van der Waals surface area contributed by atoms with E-state index >= 15 is 0 Å². The minimum atomic E-state index is -0.464. The van der Waals surface area contributed by atoms with Gasteiger partial charge >= 0.3 is 0 Å². The van der Waals surface area contributed by atoms with Gasteiger partial charge in [0.15, 0.2) is 0 Å². The molecule has 0 saturated heterocycles. The lowest BCUT2D eigenvalue weighted by Gasteiger charge is -1.99. The van der Waals surface area contributed by atoms with E-state index in [2.05, 4.69) is 15.3 Å². The molecule has 1 heterocycles. The highest BCUT2D eigenvalue weighted by atomic mass is 35.5. The smallest absolute Gasteiger partial charge is 0.236 e. The second kappa shape index (κ2) is 3.87. The number of nitrogens with one attached hydrogen (secondary N) is 1. The summed E-state index contributed by atoms with van der Waals surface area (Å²) in [4.78, 5) is 17.9. The molecule has 0 aromatic carbocycles. The molecule has 1 amide bonds. The number of anilines is 1. The fourth-order valence-electron chi connectivity index (χ4n) is 0.570. The Morgan fingerprint density at radius 1 is 1.58 bits per heavy atom. The second-order valence-electron chi connectivity index (χ2n) is 2.04. The molecule has 0 bridgehead atoms. The Labute approximate surface area is 74.0 Å². The summed E-state index contributed by atoms with van der Waals surface area (Å²) in [5.74, 6) is -0.133. The van der Waals surface area contributed by atoms with Gasteiger partial charge in [-0.3, -0.25) is 4.79 Å². The molecule has 12 heavy (non-hydrogen) atoms. The van der Waals surface area contributed by atoms with E-state index in [0.29, 0.717) is 11.0 Å². The number of rotatable bonds is 3. The summed E-state index contributed by atoms with van der Waals surface area (Å²) < 4.78 is 0. The zero-order valence-corrected chi connectivity index (χ0v) is 6.88. The molecule has 0 saturated carbocycles. The molecule has 0 radical (unpaired) electrons. The van der Waals surface area contributed by atoms with Crippen molar-refractivity contribution in [1.82, 2.24) is 9.97 Å². The number of hydrogen-bond acceptors (Lipinski definition) is 4. The van der Waals surface area contributed by atoms with E-state index < -0.39 is 5.91 Å². The van der Waals surface area contributed by atoms with Crippen LogP contribution in [0.25, 0.3) is 0 Å². The van der Waals surface area contributed by atoms with Gasteiger partial charge < -0.3 is 11.1 Å². The number of halogens is 1. The predicted molar refractivity (Wildman–Crippen MR) is 44.7 cm³/mol. The molecule has 3 N–H and O–H groups in total. The first-order valence-corrected chi connectivity index (χ1v) is 3.56. The Morgan fingerprint density at radius 3 is 2.67 bits per heavy atom. The average molecular weight is 187 g/mol. The highest BCUT2D eigenvalue weighted by Crippen LogP contribution is 2.04. The highest BCUT2D eigenvalue weighted by molar-refractivity contribution is 6.30. The van der Waals surface area contributed by atoms with Crippen molar-refractivity contribution in [2.75, 3.05) is 11.9 Å². The third-order valence-electron chi connectivity index (χ3n) is 1.04. The molecular formula is C6H7ClN4O. The lowest BCUT2D eigenvalue weighted by atomic mass is 10.6. The van der Waals surface area contributed by atoms with Gasteiger partial charge in [-0.1, -0.05) is 11.6 Å². The Bertz CT molecular complexity index is 273. The summed E-state index contributed by atoms with van der Waals surface area (Å²) in [6.45, 7) is 0.0155. The predicted octanol–water partition coefficient (Wildman–Crippen LogP) is 0.0272. The number of hydrogen-bond donors (Lipinski definition) is 2. The van der Waals surface area contributed by atoms with Gasteiger partial charge in [0.1, 0.15) is 0 Å². The number of primary amides is 1. The summed E-state index contributed by atoms with van der Waals surface area (Å²) in [5, 5.41) is 3.06. The van der Waals surface area contributed by atoms with E-state index in [-0.39, 0.29) is 6.54 Å². The molecule has 0 aliphatic heterocycles. The summed E-state index contributed by atoms with van der Waals surface area (Å²) in [7, 11) is 0. The van der Waals surface area contributed by atoms with E-state index in [4.69, 9.17) is 17.3 Å². The third kappa shape index (κ3) is 2.71. The van der Waals surface area contributed by atoms with Crippen LogP contribution in [0.2, 0.25) is 5.02 Å². The molecule has 0 aliphatic carbocycles. The van der Waals surface area contributed by atoms with Crippen LogP contribution in [-0.2, 0) is 4.79 Å². The van der Waals surface area contributed by atoms with Crippen LogP contribution < -0.4 is 11.1 Å². The first-order chi connectivity index (χ1) is 5.68. The molecule has 0 atom stereocenters. The first-order valence-electron chi connectivity index (χ1n) is 3.18. The van der Waals surface area contributed by atoms with Crippen molar-refractivity contribution in [3.05, 3.63) is 17.4 Å². The summed E-state index contributed by atoms with van der Waals surface area (Å²) in [5.41, 5.74) is 4.89. The van der Waals surface area contributed by atoms with Crippen molar-refractivity contribution in [3.8, 4) is 0 Å². The van der Waals surface area contributed by atoms with Crippen LogP contribution in [0.15, 0.2) is 12.4 Å². The molecule has 0 unspecified atom stereocenters. The number of carbonyl (C=O) groups is 1. The minimum Gasteiger partial charge on any atom is -0.368 e. The topological polar surface area (TPSA) is 80.9 Å². The van der Waals surface area contributed by atoms with Crippen molar-refractivity contribution in [2.45, 2.75) is 0 Å². The molecule has 0 fully saturated rings. The van der Waals surface area contributed by atoms with Gasteiger partial charge in [-0.25, -0.2) is 9.97 Å². The van der Waals surface area contributed by atoms with Gasteiger partial charge in [-0.15, -0.1) is 0 Å². The van der Waals surface area contributed by atoms with Crippen molar-refractivity contribution in [2.24, 2.45) is 5.73 Å². The van der Waals surface area contributed by atoms with Crippen LogP contribution in [0.3, 0.4) is 0 Å². The van der Waals surface area contributed by atoms with Gasteiger partial charge in [0, 0.05) is 0 Å². The normalized spacial score (nSPS) is 9.42. The number of nitrogens with zero attached hydrogens (tertiary/aromatic N) is 2. The Hall–Kier alpha value is -1.36. The monoisotopic (exact) mass is 186 g/mol. The number of nitrogens with two attached hydrogens (primary N) is 1. The molecule has 0 spiro atoms. The Balaban J connectivity index is 2.53. The fraction of sp³-hybridized carbons (Fsp3) is 0.167. The standard InChI is InChI=1S/C6H7ClN4O/c7-4-1-9-6(10-2-4)11-3-5(8)12/h1-2H,3H2,(H2,8,12)(H,9,10,11). The van der Waals surface area contributed by atoms with Gasteiger partial charge in [-0.2, -0.15) is 0 Å². The van der Waals surface area contributed by atoms with Crippen LogP contribution in [-0.4, -0.2) is 22.4 Å². The van der Waals surface area contributed by atoms with Crippen LogP contribution >= 0.6 is 11.6 Å². The molecule has 0 aliphatic rings. The molecule has 6 heteroatoms. The summed E-state index contributed by atoms with van der Waals surface area (Å²) in [6.07, 6.45) is 2.86. The average Bonchev–Trinajstić information content (AvgIpc) is 2.03. The maximum absolute atomic E-state index is 10.3. The highest BCUT2D eigenvalue weighted by Gasteiger charge is 1.96. The molecule has 1 aromatic heterocycles. The zero-order chi connectivity index (χ0) is 8.97. The summed E-state index contributed by atoms with van der Waals surface area (Å²) in [6, 6.07) is 0.